The Balaban J connectivity index is 2.11. The molecule has 1 fully saturated rings. The van der Waals surface area contributed by atoms with E-state index in [1.807, 2.05) is 0 Å². The van der Waals surface area contributed by atoms with Crippen molar-refractivity contribution in [3.8, 4) is 5.75 Å². The lowest BCUT2D eigenvalue weighted by Crippen LogP contribution is -2.33. The number of sulfonamides is 1. The third-order valence-electron chi connectivity index (χ3n) is 3.48. The summed E-state index contributed by atoms with van der Waals surface area (Å²) < 4.78 is 28.0. The third kappa shape index (κ3) is 3.84. The summed E-state index contributed by atoms with van der Waals surface area (Å²) in [6.07, 6.45) is 2.33. The fraction of sp³-hybridized carbons (Fsp3) is 0.538. The van der Waals surface area contributed by atoms with Gasteiger partial charge in [0.25, 0.3) is 0 Å². The molecule has 20 heavy (non-hydrogen) atoms. The van der Waals surface area contributed by atoms with Gasteiger partial charge in [-0.2, -0.15) is 0 Å². The van der Waals surface area contributed by atoms with Crippen molar-refractivity contribution in [3.63, 3.8) is 0 Å². The summed E-state index contributed by atoms with van der Waals surface area (Å²) in [5, 5.41) is 11.8. The van der Waals surface area contributed by atoms with Crippen molar-refractivity contribution in [2.24, 2.45) is 11.1 Å². The maximum absolute atomic E-state index is 11.4. The Morgan fingerprint density at radius 3 is 2.90 bits per heavy atom. The van der Waals surface area contributed by atoms with E-state index < -0.39 is 10.0 Å². The molecule has 0 radical (unpaired) electrons. The molecule has 4 N–H and O–H groups in total. The van der Waals surface area contributed by atoms with Gasteiger partial charge < -0.3 is 15.4 Å². The number of nitrogens with one attached hydrogen (secondary N) is 2. The summed E-state index contributed by atoms with van der Waals surface area (Å²) in [5.41, 5.74) is 0.657. The van der Waals surface area contributed by atoms with E-state index in [2.05, 4.69) is 10.6 Å². The fourth-order valence-electron chi connectivity index (χ4n) is 2.35. The molecule has 1 heterocycles. The predicted molar refractivity (Wildman–Crippen MR) is 78.5 cm³/mol. The molecule has 0 spiro atoms. The number of hydrogen-bond donors (Lipinski definition) is 3. The van der Waals surface area contributed by atoms with Gasteiger partial charge in [-0.25, -0.2) is 13.6 Å². The van der Waals surface area contributed by atoms with Gasteiger partial charge in [0.15, 0.2) is 0 Å². The number of nitrogens with two attached hydrogens (primary N) is 1. The first-order valence-corrected chi connectivity index (χ1v) is 8.21. The Bertz CT molecular complexity index is 554. The molecular formula is C13H21N3O3S. The molecule has 1 aromatic carbocycles. The summed E-state index contributed by atoms with van der Waals surface area (Å²) in [4.78, 5) is 0.0857. The van der Waals surface area contributed by atoms with Gasteiger partial charge >= 0.3 is 0 Å². The molecule has 0 amide bonds. The second kappa shape index (κ2) is 6.43. The zero-order chi connectivity index (χ0) is 14.6. The van der Waals surface area contributed by atoms with Crippen molar-refractivity contribution in [3.05, 3.63) is 18.2 Å². The number of anilines is 1. The normalized spacial score (nSPS) is 19.6. The minimum Gasteiger partial charge on any atom is -0.495 e. The molecule has 0 saturated carbocycles. The monoisotopic (exact) mass is 299 g/mol. The maximum atomic E-state index is 11.4. The van der Waals surface area contributed by atoms with E-state index in [0.29, 0.717) is 17.4 Å². The second-order valence-corrected chi connectivity index (χ2v) is 6.56. The van der Waals surface area contributed by atoms with Crippen LogP contribution in [0.3, 0.4) is 0 Å². The summed E-state index contributed by atoms with van der Waals surface area (Å²) in [7, 11) is -2.15. The van der Waals surface area contributed by atoms with Crippen molar-refractivity contribution in [1.82, 2.24) is 5.32 Å². The molecule has 112 valence electrons. The molecule has 1 unspecified atom stereocenters. The highest BCUT2D eigenvalue weighted by Gasteiger charge is 2.15. The quantitative estimate of drug-likeness (QED) is 0.746. The van der Waals surface area contributed by atoms with Gasteiger partial charge in [-0.3, -0.25) is 0 Å². The lowest BCUT2D eigenvalue weighted by atomic mass is 10.00. The largest absolute Gasteiger partial charge is 0.495 e. The number of hydrogen-bond acceptors (Lipinski definition) is 5. The van der Waals surface area contributed by atoms with E-state index in [1.165, 1.54) is 18.6 Å². The molecule has 0 aliphatic carbocycles. The Kier molecular flexibility index (Phi) is 4.85. The van der Waals surface area contributed by atoms with E-state index in [-0.39, 0.29) is 4.90 Å². The molecular weight excluding hydrogens is 278 g/mol. The van der Waals surface area contributed by atoms with Crippen LogP contribution >= 0.6 is 0 Å². The minimum absolute atomic E-state index is 0.0857. The first-order valence-electron chi connectivity index (χ1n) is 6.66. The van der Waals surface area contributed by atoms with Crippen LogP contribution in [0, 0.1) is 5.92 Å². The number of piperidine rings is 1. The zero-order valence-corrected chi connectivity index (χ0v) is 12.4. The molecule has 6 nitrogen and oxygen atoms in total. The van der Waals surface area contributed by atoms with Crippen molar-refractivity contribution >= 4 is 15.7 Å². The molecule has 0 aromatic heterocycles. The molecule has 7 heteroatoms. The minimum atomic E-state index is -3.70. The second-order valence-electron chi connectivity index (χ2n) is 5.00. The standard InChI is InChI=1S/C13H21N3O3S/c1-19-13-5-4-11(20(14,17)18)7-12(13)16-9-10-3-2-6-15-8-10/h4-5,7,10,15-16H,2-3,6,8-9H2,1H3,(H2,14,17,18). The molecule has 1 aromatic rings. The van der Waals surface area contributed by atoms with Crippen molar-refractivity contribution < 1.29 is 13.2 Å². The number of ether oxygens (including phenoxy) is 1. The molecule has 1 aliphatic rings. The first kappa shape index (κ1) is 15.1. The Morgan fingerprint density at radius 1 is 1.50 bits per heavy atom. The van der Waals surface area contributed by atoms with Crippen molar-refractivity contribution in [2.45, 2.75) is 17.7 Å². The lowest BCUT2D eigenvalue weighted by molar-refractivity contribution is 0.390. The lowest BCUT2D eigenvalue weighted by Gasteiger charge is -2.24. The Hall–Kier alpha value is -1.31. The fourth-order valence-corrected chi connectivity index (χ4v) is 2.89. The Morgan fingerprint density at radius 2 is 2.30 bits per heavy atom. The van der Waals surface area contributed by atoms with Gasteiger partial charge in [0.1, 0.15) is 5.75 Å². The predicted octanol–water partition coefficient (Wildman–Crippen LogP) is 0.754. The van der Waals surface area contributed by atoms with Gasteiger partial charge in [-0.05, 0) is 50.0 Å². The van der Waals surface area contributed by atoms with Crippen LogP contribution in [0.4, 0.5) is 5.69 Å². The van der Waals surface area contributed by atoms with Crippen LogP contribution in [-0.2, 0) is 10.0 Å². The number of primary sulfonamides is 1. The van der Waals surface area contributed by atoms with Gasteiger partial charge in [-0.15, -0.1) is 0 Å². The van der Waals surface area contributed by atoms with E-state index in [1.54, 1.807) is 13.2 Å². The van der Waals surface area contributed by atoms with Gasteiger partial charge in [0.2, 0.25) is 10.0 Å². The zero-order valence-electron chi connectivity index (χ0n) is 11.6. The van der Waals surface area contributed by atoms with Crippen LogP contribution in [0.25, 0.3) is 0 Å². The highest BCUT2D eigenvalue weighted by molar-refractivity contribution is 7.89. The van der Waals surface area contributed by atoms with Gasteiger partial charge in [-0.1, -0.05) is 0 Å². The SMILES string of the molecule is COc1ccc(S(N)(=O)=O)cc1NCC1CCCNC1. The van der Waals surface area contributed by atoms with E-state index in [4.69, 9.17) is 9.88 Å². The molecule has 1 saturated heterocycles. The van der Waals surface area contributed by atoms with Crippen LogP contribution in [0.2, 0.25) is 0 Å². The summed E-state index contributed by atoms with van der Waals surface area (Å²) in [5.74, 6) is 1.15. The van der Waals surface area contributed by atoms with Crippen LogP contribution in [0.1, 0.15) is 12.8 Å². The average molecular weight is 299 g/mol. The van der Waals surface area contributed by atoms with Crippen LogP contribution in [0.5, 0.6) is 5.75 Å². The van der Waals surface area contributed by atoms with Crippen molar-refractivity contribution in [1.29, 1.82) is 0 Å². The van der Waals surface area contributed by atoms with Gasteiger partial charge in [0, 0.05) is 6.54 Å². The van der Waals surface area contributed by atoms with Crippen LogP contribution in [0.15, 0.2) is 23.1 Å². The number of benzene rings is 1. The number of rotatable bonds is 5. The molecule has 1 atom stereocenters. The smallest absolute Gasteiger partial charge is 0.238 e. The first-order chi connectivity index (χ1) is 9.50. The van der Waals surface area contributed by atoms with E-state index in [0.717, 1.165) is 26.1 Å². The average Bonchev–Trinajstić information content (AvgIpc) is 2.45. The van der Waals surface area contributed by atoms with Crippen molar-refractivity contribution in [2.75, 3.05) is 32.1 Å². The Labute approximate surface area is 119 Å². The van der Waals surface area contributed by atoms with Crippen LogP contribution < -0.4 is 20.5 Å². The maximum Gasteiger partial charge on any atom is 0.238 e. The molecule has 0 bridgehead atoms. The number of methoxy groups -OCH3 is 1. The highest BCUT2D eigenvalue weighted by Crippen LogP contribution is 2.27. The third-order valence-corrected chi connectivity index (χ3v) is 4.39. The summed E-state index contributed by atoms with van der Waals surface area (Å²) >= 11 is 0. The van der Waals surface area contributed by atoms with Crippen LogP contribution in [-0.4, -0.2) is 35.2 Å². The summed E-state index contributed by atoms with van der Waals surface area (Å²) in [6, 6.07) is 4.58. The summed E-state index contributed by atoms with van der Waals surface area (Å²) in [6.45, 7) is 2.82. The highest BCUT2D eigenvalue weighted by atomic mass is 32.2. The topological polar surface area (TPSA) is 93.5 Å². The van der Waals surface area contributed by atoms with E-state index in [9.17, 15) is 8.42 Å². The molecule has 1 aliphatic heterocycles. The molecule has 2 rings (SSSR count). The van der Waals surface area contributed by atoms with E-state index >= 15 is 0 Å². The van der Waals surface area contributed by atoms with Gasteiger partial charge in [0.05, 0.1) is 17.7 Å².